The van der Waals surface area contributed by atoms with E-state index in [9.17, 15) is 0 Å². The van der Waals surface area contributed by atoms with Gasteiger partial charge in [-0.3, -0.25) is 4.99 Å². The van der Waals surface area contributed by atoms with E-state index in [1.54, 1.807) is 0 Å². The Morgan fingerprint density at radius 2 is 1.86 bits per heavy atom. The first-order valence-electron chi connectivity index (χ1n) is 8.40. The van der Waals surface area contributed by atoms with E-state index in [0.29, 0.717) is 12.0 Å². The largest absolute Gasteiger partial charge is 0.370 e. The molecule has 2 fully saturated rings. The molecule has 22 heavy (non-hydrogen) atoms. The fourth-order valence-electron chi connectivity index (χ4n) is 3.56. The maximum absolute atomic E-state index is 6.19. The maximum atomic E-state index is 6.19. The molecule has 0 unspecified atom stereocenters. The van der Waals surface area contributed by atoms with Crippen LogP contribution in [-0.4, -0.2) is 30.5 Å². The summed E-state index contributed by atoms with van der Waals surface area (Å²) in [6.45, 7) is 0.789. The molecule has 0 aliphatic heterocycles. The highest BCUT2D eigenvalue weighted by Crippen LogP contribution is 2.40. The summed E-state index contributed by atoms with van der Waals surface area (Å²) in [7, 11) is 2.06. The summed E-state index contributed by atoms with van der Waals surface area (Å²) in [6.07, 6.45) is 8.75. The smallest absolute Gasteiger partial charge is 0.191 e. The van der Waals surface area contributed by atoms with Crippen molar-refractivity contribution in [3.63, 3.8) is 0 Å². The van der Waals surface area contributed by atoms with Crippen LogP contribution in [0.5, 0.6) is 0 Å². The van der Waals surface area contributed by atoms with Gasteiger partial charge in [-0.05, 0) is 43.4 Å². The van der Waals surface area contributed by atoms with Crippen LogP contribution >= 0.6 is 11.6 Å². The second-order valence-corrected chi connectivity index (χ2v) is 7.30. The van der Waals surface area contributed by atoms with Gasteiger partial charge < -0.3 is 10.6 Å². The predicted molar refractivity (Wildman–Crippen MR) is 93.5 cm³/mol. The van der Waals surface area contributed by atoms with Gasteiger partial charge in [0.05, 0.1) is 6.54 Å². The molecule has 1 aromatic rings. The molecule has 4 heteroatoms. The van der Waals surface area contributed by atoms with Gasteiger partial charge in [-0.1, -0.05) is 43.0 Å². The Morgan fingerprint density at radius 1 is 1.23 bits per heavy atom. The van der Waals surface area contributed by atoms with Crippen LogP contribution in [0.3, 0.4) is 0 Å². The number of nitrogens with zero attached hydrogens (tertiary/aromatic N) is 2. The first kappa shape index (κ1) is 15.7. The molecule has 0 amide bonds. The number of halogens is 1. The first-order chi connectivity index (χ1) is 10.6. The van der Waals surface area contributed by atoms with Gasteiger partial charge in [-0.2, -0.15) is 0 Å². The number of guanidine groups is 1. The van der Waals surface area contributed by atoms with Crippen LogP contribution in [0.1, 0.15) is 50.5 Å². The number of nitrogens with two attached hydrogens (primary N) is 1. The average Bonchev–Trinajstić information content (AvgIpc) is 3.38. The Kier molecular flexibility index (Phi) is 4.62. The van der Waals surface area contributed by atoms with E-state index in [2.05, 4.69) is 24.1 Å². The summed E-state index contributed by atoms with van der Waals surface area (Å²) in [5.41, 5.74) is 7.69. The van der Waals surface area contributed by atoms with E-state index < -0.39 is 0 Å². The zero-order chi connectivity index (χ0) is 15.6. The second-order valence-electron chi connectivity index (χ2n) is 6.86. The lowest BCUT2D eigenvalue weighted by molar-refractivity contribution is 0.300. The van der Waals surface area contributed by atoms with Crippen molar-refractivity contribution >= 4 is 17.6 Å². The molecule has 2 aliphatic carbocycles. The summed E-state index contributed by atoms with van der Waals surface area (Å²) in [5.74, 6) is 0.696. The number of benzene rings is 1. The molecule has 0 spiro atoms. The molecule has 3 nitrogen and oxygen atoms in total. The molecule has 1 aromatic carbocycles. The summed E-state index contributed by atoms with van der Waals surface area (Å²) < 4.78 is 0. The molecule has 0 bridgehead atoms. The van der Waals surface area contributed by atoms with Crippen molar-refractivity contribution in [2.45, 2.75) is 56.4 Å². The molecular weight excluding hydrogens is 294 g/mol. The number of aliphatic imine (C=N–C) groups is 1. The molecule has 3 rings (SSSR count). The van der Waals surface area contributed by atoms with E-state index in [1.165, 1.54) is 50.5 Å². The summed E-state index contributed by atoms with van der Waals surface area (Å²) in [4.78, 5) is 6.90. The Morgan fingerprint density at radius 3 is 2.45 bits per heavy atom. The molecule has 2 aliphatic rings. The highest BCUT2D eigenvalue weighted by Gasteiger charge is 2.34. The van der Waals surface area contributed by atoms with Crippen molar-refractivity contribution in [2.24, 2.45) is 10.7 Å². The monoisotopic (exact) mass is 319 g/mol. The van der Waals surface area contributed by atoms with Gasteiger partial charge in [-0.25, -0.2) is 0 Å². The van der Waals surface area contributed by atoms with E-state index in [1.807, 2.05) is 12.1 Å². The SMILES string of the molecule is CN(C(N)=NCC1(c2ccc(Cl)cc2)CCCCC1)C1CC1. The Hall–Kier alpha value is -1.22. The molecule has 2 saturated carbocycles. The van der Waals surface area contributed by atoms with Crippen LogP contribution in [0.2, 0.25) is 5.02 Å². The van der Waals surface area contributed by atoms with Crippen LogP contribution in [-0.2, 0) is 5.41 Å². The van der Waals surface area contributed by atoms with Crippen LogP contribution in [0.25, 0.3) is 0 Å². The van der Waals surface area contributed by atoms with Crippen molar-refractivity contribution in [1.29, 1.82) is 0 Å². The lowest BCUT2D eigenvalue weighted by atomic mass is 9.69. The highest BCUT2D eigenvalue weighted by molar-refractivity contribution is 6.30. The fourth-order valence-corrected chi connectivity index (χ4v) is 3.69. The van der Waals surface area contributed by atoms with E-state index >= 15 is 0 Å². The first-order valence-corrected chi connectivity index (χ1v) is 8.77. The summed E-state index contributed by atoms with van der Waals surface area (Å²) in [6, 6.07) is 8.95. The Bertz CT molecular complexity index is 528. The minimum atomic E-state index is 0.137. The molecule has 0 radical (unpaired) electrons. The van der Waals surface area contributed by atoms with E-state index in [0.717, 1.165) is 11.6 Å². The van der Waals surface area contributed by atoms with E-state index in [-0.39, 0.29) is 5.41 Å². The molecule has 120 valence electrons. The molecular formula is C18H26ClN3. The zero-order valence-corrected chi connectivity index (χ0v) is 14.1. The minimum absolute atomic E-state index is 0.137. The van der Waals surface area contributed by atoms with Crippen LogP contribution in [0.4, 0.5) is 0 Å². The predicted octanol–water partition coefficient (Wildman–Crippen LogP) is 3.95. The fraction of sp³-hybridized carbons (Fsp3) is 0.611. The quantitative estimate of drug-likeness (QED) is 0.674. The second kappa shape index (κ2) is 6.49. The topological polar surface area (TPSA) is 41.6 Å². The summed E-state index contributed by atoms with van der Waals surface area (Å²) in [5, 5.41) is 0.797. The van der Waals surface area contributed by atoms with Gasteiger partial charge in [0.2, 0.25) is 0 Å². The van der Waals surface area contributed by atoms with Gasteiger partial charge in [-0.15, -0.1) is 0 Å². The zero-order valence-electron chi connectivity index (χ0n) is 13.4. The average molecular weight is 320 g/mol. The van der Waals surface area contributed by atoms with Crippen LogP contribution in [0, 0.1) is 0 Å². The van der Waals surface area contributed by atoms with Crippen molar-refractivity contribution in [3.8, 4) is 0 Å². The number of hydrogen-bond acceptors (Lipinski definition) is 1. The molecule has 0 heterocycles. The Balaban J connectivity index is 1.79. The van der Waals surface area contributed by atoms with Crippen LogP contribution < -0.4 is 5.73 Å². The highest BCUT2D eigenvalue weighted by atomic mass is 35.5. The third-order valence-electron chi connectivity index (χ3n) is 5.27. The summed E-state index contributed by atoms with van der Waals surface area (Å²) >= 11 is 6.05. The maximum Gasteiger partial charge on any atom is 0.191 e. The van der Waals surface area contributed by atoms with Gasteiger partial charge in [0.25, 0.3) is 0 Å². The molecule has 0 atom stereocenters. The third-order valence-corrected chi connectivity index (χ3v) is 5.52. The lowest BCUT2D eigenvalue weighted by Gasteiger charge is -2.37. The molecule has 0 aromatic heterocycles. The lowest BCUT2D eigenvalue weighted by Crippen LogP contribution is -2.38. The third kappa shape index (κ3) is 3.40. The van der Waals surface area contributed by atoms with E-state index in [4.69, 9.17) is 22.3 Å². The molecule has 0 saturated heterocycles. The van der Waals surface area contributed by atoms with Gasteiger partial charge in [0.1, 0.15) is 0 Å². The number of hydrogen-bond donors (Lipinski definition) is 1. The normalized spacial score (nSPS) is 21.6. The van der Waals surface area contributed by atoms with Gasteiger partial charge in [0.15, 0.2) is 5.96 Å². The van der Waals surface area contributed by atoms with Gasteiger partial charge >= 0.3 is 0 Å². The number of rotatable bonds is 4. The van der Waals surface area contributed by atoms with Crippen molar-refractivity contribution < 1.29 is 0 Å². The standard InChI is InChI=1S/C18H26ClN3/c1-22(16-9-10-16)17(20)21-13-18(11-3-2-4-12-18)14-5-7-15(19)8-6-14/h5-8,16H,2-4,9-13H2,1H3,(H2,20,21). The van der Waals surface area contributed by atoms with Crippen molar-refractivity contribution in [2.75, 3.05) is 13.6 Å². The minimum Gasteiger partial charge on any atom is -0.370 e. The van der Waals surface area contributed by atoms with Crippen LogP contribution in [0.15, 0.2) is 29.3 Å². The molecule has 2 N–H and O–H groups in total. The Labute approximate surface area is 138 Å². The van der Waals surface area contributed by atoms with Gasteiger partial charge in [0, 0.05) is 23.5 Å². The van der Waals surface area contributed by atoms with Crippen molar-refractivity contribution in [1.82, 2.24) is 4.90 Å². The van der Waals surface area contributed by atoms with Crippen molar-refractivity contribution in [3.05, 3.63) is 34.9 Å².